The van der Waals surface area contributed by atoms with Crippen molar-refractivity contribution in [3.05, 3.63) is 59.9 Å². The Kier molecular flexibility index (Phi) is 3.48. The zero-order valence-corrected chi connectivity index (χ0v) is 14.8. The second-order valence-electron chi connectivity index (χ2n) is 7.32. The third-order valence-electron chi connectivity index (χ3n) is 5.60. The molecule has 138 valence electrons. The number of ether oxygens (including phenoxy) is 1. The molecule has 3 aliphatic rings. The van der Waals surface area contributed by atoms with Gasteiger partial charge in [-0.25, -0.2) is 0 Å². The van der Waals surface area contributed by atoms with Gasteiger partial charge in [0.05, 0.1) is 24.5 Å². The fourth-order valence-corrected chi connectivity index (χ4v) is 4.37. The van der Waals surface area contributed by atoms with Gasteiger partial charge in [-0.2, -0.15) is 0 Å². The molecule has 0 unspecified atom stereocenters. The molecule has 7 heteroatoms. The van der Waals surface area contributed by atoms with Crippen molar-refractivity contribution >= 4 is 17.6 Å². The van der Waals surface area contributed by atoms with Crippen molar-refractivity contribution in [3.8, 4) is 0 Å². The molecule has 1 aromatic carbocycles. The Bertz CT molecular complexity index is 938. The highest BCUT2D eigenvalue weighted by atomic mass is 16.5. The number of aryl methyl sites for hydroxylation is 1. The molecule has 2 saturated heterocycles. The van der Waals surface area contributed by atoms with Crippen molar-refractivity contribution in [2.75, 3.05) is 11.4 Å². The number of benzene rings is 1. The van der Waals surface area contributed by atoms with Crippen molar-refractivity contribution in [1.29, 1.82) is 0 Å². The van der Waals surface area contributed by atoms with Crippen LogP contribution in [0.3, 0.4) is 0 Å². The monoisotopic (exact) mass is 365 g/mol. The summed E-state index contributed by atoms with van der Waals surface area (Å²) < 4.78 is 11.2. The molecule has 1 N–H and O–H groups in total. The topological polar surface area (TPSA) is 84.7 Å². The molecule has 4 atom stereocenters. The highest BCUT2D eigenvalue weighted by Gasteiger charge is 2.67. The number of fused-ring (bicyclic) bond motifs is 1. The van der Waals surface area contributed by atoms with Gasteiger partial charge in [0.25, 0.3) is 0 Å². The molecule has 5 rings (SSSR count). The lowest BCUT2D eigenvalue weighted by atomic mass is 9.77. The van der Waals surface area contributed by atoms with Crippen LogP contribution in [0, 0.1) is 18.8 Å². The summed E-state index contributed by atoms with van der Waals surface area (Å²) in [6, 6.07) is 11.4. The van der Waals surface area contributed by atoms with E-state index in [4.69, 9.17) is 9.26 Å². The fraction of sp³-hybridized carbons (Fsp3) is 0.350. The molecule has 2 aromatic rings. The van der Waals surface area contributed by atoms with Gasteiger partial charge in [-0.05, 0) is 12.5 Å². The van der Waals surface area contributed by atoms with Gasteiger partial charge in [-0.3, -0.25) is 14.5 Å². The van der Waals surface area contributed by atoms with Gasteiger partial charge in [-0.1, -0.05) is 47.6 Å². The SMILES string of the molecule is Cc1cc(N2C[C@]34C=C[C@@H](O3)[C@H](C(=O)NCc3ccccc3)[C@H]4C2=O)no1. The first kappa shape index (κ1) is 16.3. The maximum atomic E-state index is 13.1. The molecule has 2 fully saturated rings. The maximum absolute atomic E-state index is 13.1. The number of carbonyl (C=O) groups is 2. The Morgan fingerprint density at radius 1 is 1.37 bits per heavy atom. The van der Waals surface area contributed by atoms with Crippen LogP contribution in [-0.4, -0.2) is 35.2 Å². The largest absolute Gasteiger partial charge is 0.360 e. The summed E-state index contributed by atoms with van der Waals surface area (Å²) in [5.41, 5.74) is 0.251. The number of carbonyl (C=O) groups excluding carboxylic acids is 2. The predicted molar refractivity (Wildman–Crippen MR) is 95.6 cm³/mol. The summed E-state index contributed by atoms with van der Waals surface area (Å²) in [4.78, 5) is 27.6. The van der Waals surface area contributed by atoms with E-state index in [9.17, 15) is 9.59 Å². The van der Waals surface area contributed by atoms with Crippen LogP contribution >= 0.6 is 0 Å². The Hall–Kier alpha value is -2.93. The lowest BCUT2D eigenvalue weighted by Crippen LogP contribution is -2.44. The van der Waals surface area contributed by atoms with E-state index in [0.717, 1.165) is 5.56 Å². The van der Waals surface area contributed by atoms with Crippen molar-refractivity contribution in [2.24, 2.45) is 11.8 Å². The molecule has 2 amide bonds. The highest BCUT2D eigenvalue weighted by molar-refractivity contribution is 6.02. The second kappa shape index (κ2) is 5.79. The molecule has 3 aliphatic heterocycles. The Morgan fingerprint density at radius 3 is 2.93 bits per heavy atom. The van der Waals surface area contributed by atoms with Crippen LogP contribution in [0.25, 0.3) is 0 Å². The number of hydrogen-bond donors (Lipinski definition) is 1. The average Bonchev–Trinajstić information content (AvgIpc) is 3.42. The van der Waals surface area contributed by atoms with Gasteiger partial charge in [0, 0.05) is 12.6 Å². The number of amides is 2. The normalized spacial score (nSPS) is 30.8. The number of nitrogens with zero attached hydrogens (tertiary/aromatic N) is 2. The van der Waals surface area contributed by atoms with Gasteiger partial charge >= 0.3 is 0 Å². The minimum atomic E-state index is -0.761. The molecule has 27 heavy (non-hydrogen) atoms. The molecule has 4 heterocycles. The van der Waals surface area contributed by atoms with E-state index in [1.807, 2.05) is 42.5 Å². The number of aromatic nitrogens is 1. The van der Waals surface area contributed by atoms with Crippen LogP contribution in [0.15, 0.2) is 53.1 Å². The molecule has 2 bridgehead atoms. The molecule has 0 saturated carbocycles. The predicted octanol–water partition coefficient (Wildman–Crippen LogP) is 1.59. The molecule has 0 radical (unpaired) electrons. The zero-order chi connectivity index (χ0) is 18.6. The van der Waals surface area contributed by atoms with Crippen LogP contribution in [0.5, 0.6) is 0 Å². The van der Waals surface area contributed by atoms with E-state index in [1.54, 1.807) is 17.9 Å². The Labute approximate surface area is 156 Å². The first-order chi connectivity index (χ1) is 13.1. The van der Waals surface area contributed by atoms with Gasteiger partial charge < -0.3 is 14.6 Å². The summed E-state index contributed by atoms with van der Waals surface area (Å²) in [6.45, 7) is 2.54. The smallest absolute Gasteiger partial charge is 0.235 e. The second-order valence-corrected chi connectivity index (χ2v) is 7.32. The molecule has 1 aromatic heterocycles. The number of hydrogen-bond acceptors (Lipinski definition) is 5. The van der Waals surface area contributed by atoms with Gasteiger partial charge in [0.15, 0.2) is 5.82 Å². The first-order valence-electron chi connectivity index (χ1n) is 9.01. The van der Waals surface area contributed by atoms with E-state index in [0.29, 0.717) is 24.7 Å². The molecule has 7 nitrogen and oxygen atoms in total. The highest BCUT2D eigenvalue weighted by Crippen LogP contribution is 2.52. The molecule has 1 spiro atoms. The van der Waals surface area contributed by atoms with Crippen LogP contribution in [0.2, 0.25) is 0 Å². The van der Waals surface area contributed by atoms with E-state index in [-0.39, 0.29) is 17.9 Å². The number of rotatable bonds is 4. The molecule has 0 aliphatic carbocycles. The quantitative estimate of drug-likeness (QED) is 0.832. The standard InChI is InChI=1S/C20H19N3O4/c1-12-9-15(22-27-12)23-11-20-8-7-14(26-20)16(17(20)19(23)25)18(24)21-10-13-5-3-2-4-6-13/h2-9,14,16-17H,10-11H2,1H3,(H,21,24)/t14-,16+,17+,20+/m1/s1. The Balaban J connectivity index is 1.38. The summed E-state index contributed by atoms with van der Waals surface area (Å²) in [5.74, 6) is -0.290. The van der Waals surface area contributed by atoms with Crippen molar-refractivity contribution in [3.63, 3.8) is 0 Å². The van der Waals surface area contributed by atoms with Crippen LogP contribution in [-0.2, 0) is 20.9 Å². The van der Waals surface area contributed by atoms with Gasteiger partial charge in [0.2, 0.25) is 11.8 Å². The van der Waals surface area contributed by atoms with E-state index in [1.165, 1.54) is 0 Å². The maximum Gasteiger partial charge on any atom is 0.235 e. The zero-order valence-electron chi connectivity index (χ0n) is 14.8. The van der Waals surface area contributed by atoms with Crippen molar-refractivity contribution in [2.45, 2.75) is 25.2 Å². The first-order valence-corrected chi connectivity index (χ1v) is 9.01. The van der Waals surface area contributed by atoms with E-state index in [2.05, 4.69) is 10.5 Å². The van der Waals surface area contributed by atoms with E-state index >= 15 is 0 Å². The number of nitrogens with one attached hydrogen (secondary N) is 1. The molecular formula is C20H19N3O4. The minimum absolute atomic E-state index is 0.144. The summed E-state index contributed by atoms with van der Waals surface area (Å²) in [7, 11) is 0. The van der Waals surface area contributed by atoms with Gasteiger partial charge in [-0.15, -0.1) is 0 Å². The lowest BCUT2D eigenvalue weighted by molar-refractivity contribution is -0.132. The number of anilines is 1. The third-order valence-corrected chi connectivity index (χ3v) is 5.60. The van der Waals surface area contributed by atoms with Crippen LogP contribution < -0.4 is 10.2 Å². The van der Waals surface area contributed by atoms with Crippen molar-refractivity contribution < 1.29 is 18.8 Å². The summed E-state index contributed by atoms with van der Waals surface area (Å²) in [5, 5.41) is 6.91. The average molecular weight is 365 g/mol. The Morgan fingerprint density at radius 2 is 2.19 bits per heavy atom. The van der Waals surface area contributed by atoms with E-state index < -0.39 is 17.4 Å². The third kappa shape index (κ3) is 2.42. The van der Waals surface area contributed by atoms with Gasteiger partial charge in [0.1, 0.15) is 11.4 Å². The van der Waals surface area contributed by atoms with Crippen LogP contribution in [0.1, 0.15) is 11.3 Å². The summed E-state index contributed by atoms with van der Waals surface area (Å²) >= 11 is 0. The van der Waals surface area contributed by atoms with Crippen molar-refractivity contribution in [1.82, 2.24) is 10.5 Å². The molecular weight excluding hydrogens is 346 g/mol. The van der Waals surface area contributed by atoms with Crippen LogP contribution in [0.4, 0.5) is 5.82 Å². The lowest BCUT2D eigenvalue weighted by Gasteiger charge is -2.23. The fourth-order valence-electron chi connectivity index (χ4n) is 4.37. The summed E-state index contributed by atoms with van der Waals surface area (Å²) in [6.07, 6.45) is 3.46. The minimum Gasteiger partial charge on any atom is -0.360 e.